The minimum absolute atomic E-state index is 0. The summed E-state index contributed by atoms with van der Waals surface area (Å²) in [6.45, 7) is 20.7. The molecule has 0 spiro atoms. The molecule has 0 radical (unpaired) electrons. The quantitative estimate of drug-likeness (QED) is 0.139. The number of benzene rings is 1. The largest absolute Gasteiger partial charge is 0.511 e. The van der Waals surface area contributed by atoms with Gasteiger partial charge in [0.1, 0.15) is 11.2 Å². The van der Waals surface area contributed by atoms with Gasteiger partial charge in [-0.25, -0.2) is 9.59 Å². The second-order valence-corrected chi connectivity index (χ2v) is 13.8. The Morgan fingerprint density at radius 2 is 1.13 bits per heavy atom. The minimum Gasteiger partial charge on any atom is -0.429 e. The second-order valence-electron chi connectivity index (χ2n) is 13.8. The lowest BCUT2D eigenvalue weighted by atomic mass is 9.96. The van der Waals surface area contributed by atoms with Gasteiger partial charge in [0, 0.05) is 27.4 Å². The van der Waals surface area contributed by atoms with Crippen LogP contribution in [0.1, 0.15) is 87.6 Å². The topological polar surface area (TPSA) is 108 Å². The molecule has 0 heterocycles. The molecule has 0 unspecified atom stereocenters. The van der Waals surface area contributed by atoms with Crippen molar-refractivity contribution in [2.45, 2.75) is 124 Å². The van der Waals surface area contributed by atoms with Crippen LogP contribution in [0.15, 0.2) is 30.3 Å². The molecule has 0 aliphatic heterocycles. The van der Waals surface area contributed by atoms with E-state index >= 15 is 0 Å². The number of nitrogens with zero attached hydrogens (tertiary/aromatic N) is 2. The van der Waals surface area contributed by atoms with Crippen molar-refractivity contribution in [1.82, 2.24) is 15.1 Å². The van der Waals surface area contributed by atoms with Crippen molar-refractivity contribution in [1.29, 1.82) is 0 Å². The van der Waals surface area contributed by atoms with E-state index < -0.39 is 36.1 Å². The summed E-state index contributed by atoms with van der Waals surface area (Å²) in [5.41, 5.74) is 0.0143. The molecule has 47 heavy (non-hydrogen) atoms. The summed E-state index contributed by atoms with van der Waals surface area (Å²) in [5.74, 6) is 0.580. The zero-order chi connectivity index (χ0) is 35.7. The van der Waals surface area contributed by atoms with Crippen LogP contribution >= 0.6 is 12.4 Å². The summed E-state index contributed by atoms with van der Waals surface area (Å²) in [6.07, 6.45) is -0.884. The Bertz CT molecular complexity index is 974. The maximum Gasteiger partial charge on any atom is 0.511 e. The number of hydrogen-bond donors (Lipinski definition) is 1. The highest BCUT2D eigenvalue weighted by molar-refractivity contribution is 5.85. The summed E-state index contributed by atoms with van der Waals surface area (Å²) in [7, 11) is 8.96. The van der Waals surface area contributed by atoms with Crippen LogP contribution in [0, 0.1) is 11.8 Å². The van der Waals surface area contributed by atoms with Crippen molar-refractivity contribution in [3.05, 3.63) is 35.9 Å². The first kappa shape index (κ1) is 47.0. The van der Waals surface area contributed by atoms with Crippen molar-refractivity contribution >= 4 is 24.7 Å². The van der Waals surface area contributed by atoms with Gasteiger partial charge in [-0.05, 0) is 80.1 Å². The van der Waals surface area contributed by atoms with Crippen LogP contribution in [0.3, 0.4) is 0 Å². The Hall–Kier alpha value is -2.15. The van der Waals surface area contributed by atoms with Gasteiger partial charge in [-0.15, -0.1) is 12.4 Å². The van der Waals surface area contributed by atoms with E-state index in [2.05, 4.69) is 54.9 Å². The summed E-state index contributed by atoms with van der Waals surface area (Å²) in [5, 5.41) is 3.10. The second kappa shape index (κ2) is 23.2. The van der Waals surface area contributed by atoms with Gasteiger partial charge in [-0.1, -0.05) is 70.9 Å². The lowest BCUT2D eigenvalue weighted by Crippen LogP contribution is -2.51. The average molecular weight is 692 g/mol. The van der Waals surface area contributed by atoms with Gasteiger partial charge in [0.05, 0.1) is 12.1 Å². The monoisotopic (exact) mass is 691 g/mol. The first-order chi connectivity index (χ1) is 21.3. The van der Waals surface area contributed by atoms with Crippen LogP contribution in [0.5, 0.6) is 0 Å². The fourth-order valence-corrected chi connectivity index (χ4v) is 4.89. The van der Waals surface area contributed by atoms with E-state index in [1.165, 1.54) is 12.7 Å². The summed E-state index contributed by atoms with van der Waals surface area (Å²) < 4.78 is 32.3. The van der Waals surface area contributed by atoms with Gasteiger partial charge >= 0.3 is 12.3 Å². The highest BCUT2D eigenvalue weighted by Crippen LogP contribution is 2.24. The Morgan fingerprint density at radius 3 is 1.45 bits per heavy atom. The number of rotatable bonds is 16. The van der Waals surface area contributed by atoms with E-state index in [-0.39, 0.29) is 30.4 Å². The van der Waals surface area contributed by atoms with Gasteiger partial charge in [-0.3, -0.25) is 9.80 Å². The van der Waals surface area contributed by atoms with Crippen LogP contribution in [0.4, 0.5) is 9.59 Å². The Kier molecular flexibility index (Phi) is 23.2. The molecule has 0 aliphatic carbocycles. The number of carbonyl (C=O) groups is 2. The van der Waals surface area contributed by atoms with Crippen molar-refractivity contribution in [2.75, 3.05) is 42.0 Å². The number of carbonyl (C=O) groups excluding carboxylic acids is 2. The molecule has 12 heteroatoms. The van der Waals surface area contributed by atoms with Gasteiger partial charge in [0.2, 0.25) is 12.6 Å². The smallest absolute Gasteiger partial charge is 0.429 e. The zero-order valence-corrected chi connectivity index (χ0v) is 32.6. The molecule has 11 nitrogen and oxygen atoms in total. The van der Waals surface area contributed by atoms with E-state index in [9.17, 15) is 9.59 Å². The molecule has 276 valence electrons. The Labute approximate surface area is 291 Å². The van der Waals surface area contributed by atoms with Gasteiger partial charge < -0.3 is 33.7 Å². The molecule has 1 aromatic carbocycles. The number of halogens is 1. The molecule has 0 saturated heterocycles. The number of likely N-dealkylation sites (N-methyl/N-ethyl adjacent to an activating group) is 2. The number of hydrogen-bond acceptors (Lipinski definition) is 11. The predicted molar refractivity (Wildman–Crippen MR) is 190 cm³/mol. The lowest BCUT2D eigenvalue weighted by molar-refractivity contribution is -0.160. The molecule has 0 amide bonds. The number of ether oxygens (including phenoxy) is 6. The molecule has 0 bridgehead atoms. The van der Waals surface area contributed by atoms with Gasteiger partial charge in [0.25, 0.3) is 0 Å². The molecular formula is C35H66ClN3O8. The SMILES string of the molecule is CC[C@H](C)[C@@H]([C@H](OC)OC(=O)OC(C)(C)C)N(C)CNC.CC[C@H](C)[C@@H]([C@H](OC)OC(=O)OC(C)(C)C)N(C)Cc1ccccc1.Cl. The first-order valence-corrected chi connectivity index (χ1v) is 16.3. The maximum absolute atomic E-state index is 12.1. The van der Waals surface area contributed by atoms with Crippen molar-refractivity contribution in [2.24, 2.45) is 11.8 Å². The molecule has 1 aromatic rings. The third kappa shape index (κ3) is 19.4. The van der Waals surface area contributed by atoms with E-state index in [1.54, 1.807) is 27.9 Å². The zero-order valence-electron chi connectivity index (χ0n) is 31.7. The molecule has 6 atom stereocenters. The number of nitrogens with one attached hydrogen (secondary N) is 1. The minimum atomic E-state index is -0.708. The molecule has 1 N–H and O–H groups in total. The van der Waals surface area contributed by atoms with Crippen LogP contribution in [0.25, 0.3) is 0 Å². The average Bonchev–Trinajstić information content (AvgIpc) is 2.95. The van der Waals surface area contributed by atoms with Crippen molar-refractivity contribution in [3.8, 4) is 0 Å². The van der Waals surface area contributed by atoms with Crippen molar-refractivity contribution < 1.29 is 38.0 Å². The van der Waals surface area contributed by atoms with E-state index in [1.807, 2.05) is 60.1 Å². The summed E-state index contributed by atoms with van der Waals surface area (Å²) in [6, 6.07) is 10.1. The maximum atomic E-state index is 12.1. The predicted octanol–water partition coefficient (Wildman–Crippen LogP) is 7.31. The van der Waals surface area contributed by atoms with E-state index in [0.29, 0.717) is 12.6 Å². The van der Waals surface area contributed by atoms with Crippen LogP contribution in [0.2, 0.25) is 0 Å². The highest BCUT2D eigenvalue weighted by Gasteiger charge is 2.35. The highest BCUT2D eigenvalue weighted by atomic mass is 35.5. The van der Waals surface area contributed by atoms with Gasteiger partial charge in [-0.2, -0.15) is 0 Å². The van der Waals surface area contributed by atoms with E-state index in [4.69, 9.17) is 28.4 Å². The van der Waals surface area contributed by atoms with Gasteiger partial charge in [0.15, 0.2) is 0 Å². The molecule has 0 aliphatic rings. The third-order valence-corrected chi connectivity index (χ3v) is 7.38. The standard InChI is InChI=1S/C20H33NO4.C15H32N2O4.ClH/c1-8-15(2)17(21(6)14-16-12-10-9-11-13-16)18(23-7)24-19(22)25-20(3,4)5;1-9-11(2)12(17(7)10-16-6)13(19-8)20-14(18)21-15(3,4)5;/h9-13,15,17-18H,8,14H2,1-7H3;11-13,16H,9-10H2,1-8H3;1H/t15-,17-,18+;11-,12-,13+;/m00./s1. The van der Waals surface area contributed by atoms with Crippen LogP contribution < -0.4 is 5.32 Å². The first-order valence-electron chi connectivity index (χ1n) is 16.3. The fourth-order valence-electron chi connectivity index (χ4n) is 4.89. The van der Waals surface area contributed by atoms with E-state index in [0.717, 1.165) is 19.4 Å². The lowest BCUT2D eigenvalue weighted by Gasteiger charge is -2.37. The van der Waals surface area contributed by atoms with Crippen LogP contribution in [-0.2, 0) is 35.0 Å². The summed E-state index contributed by atoms with van der Waals surface area (Å²) in [4.78, 5) is 28.2. The summed E-state index contributed by atoms with van der Waals surface area (Å²) >= 11 is 0. The molecule has 0 saturated carbocycles. The number of methoxy groups -OCH3 is 2. The third-order valence-electron chi connectivity index (χ3n) is 7.38. The normalized spacial score (nSPS) is 15.6. The molecule has 1 rings (SSSR count). The van der Waals surface area contributed by atoms with Crippen molar-refractivity contribution in [3.63, 3.8) is 0 Å². The Morgan fingerprint density at radius 1 is 0.745 bits per heavy atom. The molecule has 0 fully saturated rings. The molecular weight excluding hydrogens is 626 g/mol. The van der Waals surface area contributed by atoms with Crippen LogP contribution in [-0.4, -0.2) is 100 Å². The Balaban J connectivity index is 0. The molecule has 0 aromatic heterocycles. The fraction of sp³-hybridized carbons (Fsp3) is 0.771.